The zero-order chi connectivity index (χ0) is 20.4. The lowest BCUT2D eigenvalue weighted by Gasteiger charge is -2.07. The van der Waals surface area contributed by atoms with Crippen LogP contribution in [0.4, 0.5) is 5.69 Å². The maximum absolute atomic E-state index is 12.2. The second-order valence-corrected chi connectivity index (χ2v) is 6.14. The zero-order valence-corrected chi connectivity index (χ0v) is 14.9. The molecule has 0 aliphatic heterocycles. The molecular weight excluding hydrogens is 380 g/mol. The maximum atomic E-state index is 12.2. The van der Waals surface area contributed by atoms with Gasteiger partial charge in [0.25, 0.3) is 5.69 Å². The normalized spacial score (nSPS) is 10.9. The van der Waals surface area contributed by atoms with E-state index in [2.05, 4.69) is 5.10 Å². The number of fused-ring (bicyclic) bond motifs is 1. The molecule has 0 unspecified atom stereocenters. The van der Waals surface area contributed by atoms with Gasteiger partial charge < -0.3 is 9.15 Å². The molecule has 0 bridgehead atoms. The van der Waals surface area contributed by atoms with Crippen LogP contribution in [0.15, 0.2) is 70.1 Å². The molecule has 4 aromatic rings. The highest BCUT2D eigenvalue weighted by Gasteiger charge is 2.16. The standard InChI is InChI=1S/C19H14N4O6/c24-18(28-12-13-2-4-14(5-3-13)22-9-1-8-20-22)11-21-16-7-6-15(23(26)27)10-17(16)29-19(21)25/h1-10H,11-12H2. The van der Waals surface area contributed by atoms with Crippen LogP contribution in [0.25, 0.3) is 16.8 Å². The molecule has 0 amide bonds. The van der Waals surface area contributed by atoms with Crippen molar-refractivity contribution >= 4 is 22.8 Å². The highest BCUT2D eigenvalue weighted by Crippen LogP contribution is 2.20. The number of nitro groups is 1. The Kier molecular flexibility index (Phi) is 4.65. The molecule has 10 heteroatoms. The number of hydrogen-bond donors (Lipinski definition) is 0. The first kappa shape index (κ1) is 18.2. The summed E-state index contributed by atoms with van der Waals surface area (Å²) in [5, 5.41) is 15.0. The minimum atomic E-state index is -0.791. The minimum absolute atomic E-state index is 0.0335. The second kappa shape index (κ2) is 7.43. The molecule has 0 spiro atoms. The summed E-state index contributed by atoms with van der Waals surface area (Å²) < 4.78 is 13.0. The lowest BCUT2D eigenvalue weighted by Crippen LogP contribution is -2.21. The molecule has 2 heterocycles. The Bertz CT molecular complexity index is 1240. The molecule has 0 atom stereocenters. The third kappa shape index (κ3) is 3.76. The first-order chi connectivity index (χ1) is 14.0. The van der Waals surface area contributed by atoms with Crippen molar-refractivity contribution in [3.05, 3.63) is 87.2 Å². The van der Waals surface area contributed by atoms with Crippen molar-refractivity contribution in [2.45, 2.75) is 13.2 Å². The first-order valence-electron chi connectivity index (χ1n) is 8.53. The van der Waals surface area contributed by atoms with Gasteiger partial charge in [-0.05, 0) is 29.8 Å². The third-order valence-electron chi connectivity index (χ3n) is 4.25. The Morgan fingerprint density at radius 3 is 2.69 bits per heavy atom. The van der Waals surface area contributed by atoms with Crippen molar-refractivity contribution in [2.24, 2.45) is 0 Å². The Labute approximate surface area is 162 Å². The maximum Gasteiger partial charge on any atom is 0.420 e. The van der Waals surface area contributed by atoms with Crippen molar-refractivity contribution in [3.8, 4) is 5.69 Å². The quantitative estimate of drug-likeness (QED) is 0.280. The van der Waals surface area contributed by atoms with E-state index in [1.54, 1.807) is 10.9 Å². The first-order valence-corrected chi connectivity index (χ1v) is 8.53. The number of hydrogen-bond acceptors (Lipinski definition) is 7. The lowest BCUT2D eigenvalue weighted by atomic mass is 10.2. The van der Waals surface area contributed by atoms with Gasteiger partial charge in [-0.25, -0.2) is 9.48 Å². The number of carbonyl (C=O) groups is 1. The van der Waals surface area contributed by atoms with Gasteiger partial charge in [-0.3, -0.25) is 19.5 Å². The molecule has 4 rings (SSSR count). The van der Waals surface area contributed by atoms with E-state index in [4.69, 9.17) is 9.15 Å². The number of aromatic nitrogens is 3. The average molecular weight is 394 g/mol. The van der Waals surface area contributed by atoms with E-state index in [1.165, 1.54) is 12.1 Å². The molecular formula is C19H14N4O6. The van der Waals surface area contributed by atoms with Gasteiger partial charge in [-0.2, -0.15) is 5.10 Å². The van der Waals surface area contributed by atoms with Crippen molar-refractivity contribution < 1.29 is 18.9 Å². The average Bonchev–Trinajstić information content (AvgIpc) is 3.35. The summed E-state index contributed by atoms with van der Waals surface area (Å²) >= 11 is 0. The SMILES string of the molecule is O=C(Cn1c(=O)oc2cc([N+](=O)[O-])ccc21)OCc1ccc(-n2cccn2)cc1. The Morgan fingerprint density at radius 1 is 1.21 bits per heavy atom. The Hall–Kier alpha value is -4.21. The summed E-state index contributed by atoms with van der Waals surface area (Å²) in [6, 6.07) is 12.9. The van der Waals surface area contributed by atoms with Gasteiger partial charge in [0.1, 0.15) is 13.2 Å². The molecule has 0 saturated carbocycles. The fourth-order valence-electron chi connectivity index (χ4n) is 2.82. The molecule has 0 aliphatic carbocycles. The monoisotopic (exact) mass is 394 g/mol. The topological polar surface area (TPSA) is 122 Å². The van der Waals surface area contributed by atoms with Gasteiger partial charge in [0, 0.05) is 18.5 Å². The zero-order valence-electron chi connectivity index (χ0n) is 14.9. The predicted octanol–water partition coefficient (Wildman–Crippen LogP) is 2.43. The Morgan fingerprint density at radius 2 is 2.00 bits per heavy atom. The second-order valence-electron chi connectivity index (χ2n) is 6.14. The van der Waals surface area contributed by atoms with Crippen molar-refractivity contribution in [2.75, 3.05) is 0 Å². The third-order valence-corrected chi connectivity index (χ3v) is 4.25. The fraction of sp³-hybridized carbons (Fsp3) is 0.105. The molecule has 0 fully saturated rings. The van der Waals surface area contributed by atoms with Crippen LogP contribution in [0, 0.1) is 10.1 Å². The molecule has 0 radical (unpaired) electrons. The van der Waals surface area contributed by atoms with Crippen LogP contribution in [-0.2, 0) is 22.7 Å². The van der Waals surface area contributed by atoms with Crippen molar-refractivity contribution in [1.29, 1.82) is 0 Å². The molecule has 146 valence electrons. The number of carbonyl (C=O) groups excluding carboxylic acids is 1. The number of benzene rings is 2. The smallest absolute Gasteiger partial charge is 0.420 e. The lowest BCUT2D eigenvalue weighted by molar-refractivity contribution is -0.384. The number of rotatable bonds is 6. The number of non-ortho nitro benzene ring substituents is 1. The summed E-state index contributed by atoms with van der Waals surface area (Å²) in [5.74, 6) is -1.43. The van der Waals surface area contributed by atoms with Crippen molar-refractivity contribution in [1.82, 2.24) is 14.3 Å². The summed E-state index contributed by atoms with van der Waals surface area (Å²) in [5.41, 5.74) is 1.75. The van der Waals surface area contributed by atoms with Gasteiger partial charge in [0.05, 0.1) is 22.2 Å². The molecule has 2 aromatic heterocycles. The highest BCUT2D eigenvalue weighted by atomic mass is 16.6. The van der Waals surface area contributed by atoms with Crippen LogP contribution in [0.5, 0.6) is 0 Å². The molecule has 29 heavy (non-hydrogen) atoms. The Balaban J connectivity index is 1.43. The number of nitro benzene ring substituents is 1. The molecule has 0 aliphatic rings. The summed E-state index contributed by atoms with van der Waals surface area (Å²) in [6.45, 7) is -0.330. The summed E-state index contributed by atoms with van der Waals surface area (Å²) in [4.78, 5) is 34.4. The highest BCUT2D eigenvalue weighted by molar-refractivity contribution is 5.78. The van der Waals surface area contributed by atoms with E-state index < -0.39 is 16.6 Å². The van der Waals surface area contributed by atoms with Gasteiger partial charge in [-0.15, -0.1) is 0 Å². The van der Waals surface area contributed by atoms with Gasteiger partial charge in [-0.1, -0.05) is 12.1 Å². The van der Waals surface area contributed by atoms with E-state index in [1.807, 2.05) is 36.5 Å². The molecule has 0 saturated heterocycles. The van der Waals surface area contributed by atoms with Crippen LogP contribution < -0.4 is 5.76 Å². The largest absolute Gasteiger partial charge is 0.459 e. The van der Waals surface area contributed by atoms with E-state index in [9.17, 15) is 19.7 Å². The van der Waals surface area contributed by atoms with Crippen LogP contribution in [0.3, 0.4) is 0 Å². The van der Waals surface area contributed by atoms with Crippen LogP contribution in [0.2, 0.25) is 0 Å². The van der Waals surface area contributed by atoms with Gasteiger partial charge >= 0.3 is 11.7 Å². The molecule has 0 N–H and O–H groups in total. The number of esters is 1. The van der Waals surface area contributed by atoms with Gasteiger partial charge in [0.2, 0.25) is 0 Å². The van der Waals surface area contributed by atoms with E-state index in [-0.39, 0.29) is 29.9 Å². The summed E-state index contributed by atoms with van der Waals surface area (Å²) in [7, 11) is 0. The van der Waals surface area contributed by atoms with Gasteiger partial charge in [0.15, 0.2) is 5.58 Å². The van der Waals surface area contributed by atoms with E-state index in [0.717, 1.165) is 21.9 Å². The van der Waals surface area contributed by atoms with Crippen LogP contribution >= 0.6 is 0 Å². The van der Waals surface area contributed by atoms with Crippen LogP contribution in [0.1, 0.15) is 5.56 Å². The van der Waals surface area contributed by atoms with E-state index >= 15 is 0 Å². The summed E-state index contributed by atoms with van der Waals surface area (Å²) in [6.07, 6.45) is 3.49. The predicted molar refractivity (Wildman–Crippen MR) is 100 cm³/mol. The number of ether oxygens (including phenoxy) is 1. The number of oxazole rings is 1. The molecule has 2 aromatic carbocycles. The molecule has 10 nitrogen and oxygen atoms in total. The van der Waals surface area contributed by atoms with Crippen molar-refractivity contribution in [3.63, 3.8) is 0 Å². The number of nitrogens with zero attached hydrogens (tertiary/aromatic N) is 4. The minimum Gasteiger partial charge on any atom is -0.459 e. The van der Waals surface area contributed by atoms with E-state index in [0.29, 0.717) is 0 Å². The van der Waals surface area contributed by atoms with Crippen LogP contribution in [-0.4, -0.2) is 25.2 Å². The fourth-order valence-corrected chi connectivity index (χ4v) is 2.82.